The summed E-state index contributed by atoms with van der Waals surface area (Å²) in [6.45, 7) is 3.81. The van der Waals surface area contributed by atoms with Crippen LogP contribution >= 0.6 is 15.9 Å². The standard InChI is InChI=1S/C15H11BrN4O/c1-9-5-11(7-17)6-10(2)13(9)21-15-14-18-3-4-20(14)8-12(16)19-15/h3-6,8H,1-2H3. The average molecular weight is 343 g/mol. The van der Waals surface area contributed by atoms with Gasteiger partial charge in [-0.1, -0.05) is 0 Å². The second kappa shape index (κ2) is 5.19. The van der Waals surface area contributed by atoms with Crippen molar-refractivity contribution in [3.8, 4) is 17.7 Å². The van der Waals surface area contributed by atoms with Gasteiger partial charge in [-0.3, -0.25) is 4.40 Å². The first-order chi connectivity index (χ1) is 10.1. The van der Waals surface area contributed by atoms with Gasteiger partial charge in [-0.15, -0.1) is 0 Å². The number of rotatable bonds is 2. The summed E-state index contributed by atoms with van der Waals surface area (Å²) in [5.74, 6) is 1.12. The smallest absolute Gasteiger partial charge is 0.264 e. The monoisotopic (exact) mass is 342 g/mol. The zero-order chi connectivity index (χ0) is 15.0. The minimum Gasteiger partial charge on any atom is -0.435 e. The van der Waals surface area contributed by atoms with Crippen molar-refractivity contribution in [2.45, 2.75) is 13.8 Å². The number of imidazole rings is 1. The van der Waals surface area contributed by atoms with Crippen molar-refractivity contribution in [1.29, 1.82) is 5.26 Å². The first-order valence-electron chi connectivity index (χ1n) is 6.27. The summed E-state index contributed by atoms with van der Waals surface area (Å²) >= 11 is 3.36. The first-order valence-corrected chi connectivity index (χ1v) is 7.06. The fraction of sp³-hybridized carbons (Fsp3) is 0.133. The summed E-state index contributed by atoms with van der Waals surface area (Å²) in [6, 6.07) is 5.73. The Labute approximate surface area is 130 Å². The van der Waals surface area contributed by atoms with Crippen molar-refractivity contribution in [3.63, 3.8) is 0 Å². The van der Waals surface area contributed by atoms with Gasteiger partial charge in [-0.2, -0.15) is 5.26 Å². The van der Waals surface area contributed by atoms with Crippen LogP contribution in [0.2, 0.25) is 0 Å². The van der Waals surface area contributed by atoms with E-state index in [9.17, 15) is 0 Å². The van der Waals surface area contributed by atoms with Gasteiger partial charge in [0.15, 0.2) is 0 Å². The summed E-state index contributed by atoms with van der Waals surface area (Å²) in [5.41, 5.74) is 3.03. The van der Waals surface area contributed by atoms with Crippen LogP contribution in [0.5, 0.6) is 11.6 Å². The fourth-order valence-corrected chi connectivity index (χ4v) is 2.60. The summed E-state index contributed by atoms with van der Waals surface area (Å²) in [7, 11) is 0. The van der Waals surface area contributed by atoms with Gasteiger partial charge in [0.2, 0.25) is 5.65 Å². The first kappa shape index (κ1) is 13.6. The predicted molar refractivity (Wildman–Crippen MR) is 81.4 cm³/mol. The molecule has 104 valence electrons. The lowest BCUT2D eigenvalue weighted by atomic mass is 10.1. The number of benzene rings is 1. The molecule has 0 radical (unpaired) electrons. The van der Waals surface area contributed by atoms with Gasteiger partial charge in [0.25, 0.3) is 5.88 Å². The van der Waals surface area contributed by atoms with E-state index in [4.69, 9.17) is 10.00 Å². The number of aromatic nitrogens is 3. The third-order valence-electron chi connectivity index (χ3n) is 3.10. The van der Waals surface area contributed by atoms with Gasteiger partial charge in [-0.05, 0) is 53.0 Å². The van der Waals surface area contributed by atoms with E-state index in [0.717, 1.165) is 11.1 Å². The lowest BCUT2D eigenvalue weighted by Crippen LogP contribution is -1.98. The van der Waals surface area contributed by atoms with Gasteiger partial charge in [-0.25, -0.2) is 9.97 Å². The molecule has 0 saturated heterocycles. The predicted octanol–water partition coefficient (Wildman–Crippen LogP) is 3.77. The lowest BCUT2D eigenvalue weighted by molar-refractivity contribution is 0.457. The Bertz CT molecular complexity index is 856. The van der Waals surface area contributed by atoms with Gasteiger partial charge >= 0.3 is 0 Å². The zero-order valence-electron chi connectivity index (χ0n) is 11.5. The molecule has 0 fully saturated rings. The molecule has 0 aliphatic rings. The van der Waals surface area contributed by atoms with E-state index in [1.807, 2.05) is 30.6 Å². The Morgan fingerprint density at radius 2 is 2.00 bits per heavy atom. The van der Waals surface area contributed by atoms with E-state index in [0.29, 0.717) is 27.4 Å². The van der Waals surface area contributed by atoms with Crippen LogP contribution in [-0.4, -0.2) is 14.4 Å². The molecule has 1 aromatic carbocycles. The molecule has 2 heterocycles. The highest BCUT2D eigenvalue weighted by Gasteiger charge is 2.13. The number of aryl methyl sites for hydroxylation is 2. The molecule has 0 N–H and O–H groups in total. The van der Waals surface area contributed by atoms with E-state index in [1.165, 1.54) is 0 Å². The Morgan fingerprint density at radius 3 is 2.67 bits per heavy atom. The second-order valence-corrected chi connectivity index (χ2v) is 5.49. The van der Waals surface area contributed by atoms with E-state index in [1.54, 1.807) is 18.3 Å². The van der Waals surface area contributed by atoms with Gasteiger partial charge < -0.3 is 4.74 Å². The number of halogens is 1. The minimum atomic E-state index is 0.422. The molecule has 0 saturated carbocycles. The van der Waals surface area contributed by atoms with Crippen molar-refractivity contribution in [2.75, 3.05) is 0 Å². The molecule has 21 heavy (non-hydrogen) atoms. The number of hydrogen-bond donors (Lipinski definition) is 0. The molecule has 0 aliphatic carbocycles. The molecule has 0 unspecified atom stereocenters. The number of fused-ring (bicyclic) bond motifs is 1. The Morgan fingerprint density at radius 1 is 1.29 bits per heavy atom. The topological polar surface area (TPSA) is 63.2 Å². The number of hydrogen-bond acceptors (Lipinski definition) is 4. The van der Waals surface area contributed by atoms with Gasteiger partial charge in [0.05, 0.1) is 11.6 Å². The SMILES string of the molecule is Cc1cc(C#N)cc(C)c1Oc1nc(Br)cn2ccnc12. The largest absolute Gasteiger partial charge is 0.435 e. The Hall–Kier alpha value is -2.39. The fourth-order valence-electron chi connectivity index (χ4n) is 2.21. The van der Waals surface area contributed by atoms with Crippen LogP contribution in [0.1, 0.15) is 16.7 Å². The molecule has 0 aliphatic heterocycles. The van der Waals surface area contributed by atoms with Crippen molar-refractivity contribution >= 4 is 21.6 Å². The number of nitrogens with zero attached hydrogens (tertiary/aromatic N) is 4. The van der Waals surface area contributed by atoms with Crippen LogP contribution in [0.25, 0.3) is 5.65 Å². The molecule has 3 aromatic rings. The molecule has 6 heteroatoms. The summed E-state index contributed by atoms with van der Waals surface area (Å²) in [4.78, 5) is 8.59. The molecule has 0 amide bonds. The normalized spacial score (nSPS) is 10.6. The summed E-state index contributed by atoms with van der Waals surface area (Å²) in [6.07, 6.45) is 5.33. The molecule has 0 spiro atoms. The average Bonchev–Trinajstić information content (AvgIpc) is 2.90. The highest BCUT2D eigenvalue weighted by molar-refractivity contribution is 9.10. The van der Waals surface area contributed by atoms with Crippen LogP contribution in [0.15, 0.2) is 35.3 Å². The van der Waals surface area contributed by atoms with Crippen LogP contribution < -0.4 is 4.74 Å². The summed E-state index contributed by atoms with van der Waals surface area (Å²) < 4.78 is 8.45. The van der Waals surface area contributed by atoms with Crippen molar-refractivity contribution in [2.24, 2.45) is 0 Å². The Balaban J connectivity index is 2.11. The third-order valence-corrected chi connectivity index (χ3v) is 3.48. The highest BCUT2D eigenvalue weighted by atomic mass is 79.9. The minimum absolute atomic E-state index is 0.422. The maximum atomic E-state index is 8.99. The second-order valence-electron chi connectivity index (χ2n) is 4.68. The molecule has 3 rings (SSSR count). The van der Waals surface area contributed by atoms with Gasteiger partial charge in [0, 0.05) is 18.6 Å². The molecular formula is C15H11BrN4O. The zero-order valence-corrected chi connectivity index (χ0v) is 13.0. The van der Waals surface area contributed by atoms with E-state index >= 15 is 0 Å². The van der Waals surface area contributed by atoms with E-state index in [-0.39, 0.29) is 0 Å². The van der Waals surface area contributed by atoms with E-state index < -0.39 is 0 Å². The van der Waals surface area contributed by atoms with E-state index in [2.05, 4.69) is 32.0 Å². The molecular weight excluding hydrogens is 332 g/mol. The van der Waals surface area contributed by atoms with Crippen LogP contribution in [0.4, 0.5) is 0 Å². The number of ether oxygens (including phenoxy) is 1. The quantitative estimate of drug-likeness (QED) is 0.711. The third kappa shape index (κ3) is 2.48. The molecule has 0 bridgehead atoms. The van der Waals surface area contributed by atoms with Crippen LogP contribution in [0.3, 0.4) is 0 Å². The van der Waals surface area contributed by atoms with Crippen LogP contribution in [0, 0.1) is 25.2 Å². The molecule has 5 nitrogen and oxygen atoms in total. The number of nitriles is 1. The van der Waals surface area contributed by atoms with Crippen molar-refractivity contribution < 1.29 is 4.74 Å². The lowest BCUT2D eigenvalue weighted by Gasteiger charge is -2.12. The highest BCUT2D eigenvalue weighted by Crippen LogP contribution is 2.31. The maximum Gasteiger partial charge on any atom is 0.264 e. The Kier molecular flexibility index (Phi) is 3.35. The summed E-state index contributed by atoms with van der Waals surface area (Å²) in [5, 5.41) is 8.99. The molecule has 2 aromatic heterocycles. The van der Waals surface area contributed by atoms with Crippen molar-refractivity contribution in [1.82, 2.24) is 14.4 Å². The molecule has 0 atom stereocenters. The van der Waals surface area contributed by atoms with Gasteiger partial charge in [0.1, 0.15) is 10.4 Å². The van der Waals surface area contributed by atoms with Crippen molar-refractivity contribution in [3.05, 3.63) is 52.0 Å². The van der Waals surface area contributed by atoms with Crippen LogP contribution in [-0.2, 0) is 0 Å². The maximum absolute atomic E-state index is 8.99.